The van der Waals surface area contributed by atoms with Crippen molar-refractivity contribution >= 4 is 17.7 Å². The summed E-state index contributed by atoms with van der Waals surface area (Å²) in [6.07, 6.45) is 1.99. The number of aldehydes is 1. The predicted molar refractivity (Wildman–Crippen MR) is 126 cm³/mol. The summed E-state index contributed by atoms with van der Waals surface area (Å²) < 4.78 is 11.8. The molecule has 0 amide bonds. The van der Waals surface area contributed by atoms with Gasteiger partial charge in [-0.1, -0.05) is 53.7 Å². The zero-order valence-corrected chi connectivity index (χ0v) is 18.3. The van der Waals surface area contributed by atoms with E-state index in [0.29, 0.717) is 29.7 Å². The van der Waals surface area contributed by atoms with Crippen LogP contribution in [0.1, 0.15) is 29.0 Å². The molecule has 2 atom stereocenters. The average molecular weight is 440 g/mol. The first-order valence-electron chi connectivity index (χ1n) is 10.7. The third-order valence-corrected chi connectivity index (χ3v) is 5.56. The van der Waals surface area contributed by atoms with Crippen LogP contribution in [0.25, 0.3) is 4.85 Å². The van der Waals surface area contributed by atoms with Crippen LogP contribution in [0.3, 0.4) is 0 Å². The van der Waals surface area contributed by atoms with Gasteiger partial charge in [0.25, 0.3) is 0 Å². The first-order chi connectivity index (χ1) is 16.2. The molecule has 33 heavy (non-hydrogen) atoms. The Morgan fingerprint density at radius 2 is 1.67 bits per heavy atom. The smallest absolute Gasteiger partial charge is 0.187 e. The number of oxime groups is 1. The zero-order valence-electron chi connectivity index (χ0n) is 18.3. The van der Waals surface area contributed by atoms with Crippen molar-refractivity contribution in [2.75, 3.05) is 13.7 Å². The second-order valence-corrected chi connectivity index (χ2v) is 7.81. The highest BCUT2D eigenvalue weighted by molar-refractivity contribution is 6.01. The fraction of sp³-hybridized carbons (Fsp3) is 0.222. The molecule has 1 fully saturated rings. The van der Waals surface area contributed by atoms with Crippen LogP contribution in [0.2, 0.25) is 0 Å². The summed E-state index contributed by atoms with van der Waals surface area (Å²) in [5.41, 5.74) is 4.26. The third kappa shape index (κ3) is 5.78. The quantitative estimate of drug-likeness (QED) is 0.180. The van der Waals surface area contributed by atoms with Crippen molar-refractivity contribution in [2.45, 2.75) is 18.9 Å². The number of hydrogen-bond acceptors (Lipinski definition) is 5. The van der Waals surface area contributed by atoms with Gasteiger partial charge in [-0.15, -0.1) is 0 Å². The highest BCUT2D eigenvalue weighted by Crippen LogP contribution is 2.46. The number of hydrogen-bond donors (Lipinski definition) is 0. The van der Waals surface area contributed by atoms with E-state index < -0.39 is 0 Å². The van der Waals surface area contributed by atoms with E-state index in [9.17, 15) is 4.79 Å². The molecule has 1 aliphatic carbocycles. The number of nitrogens with zero attached hydrogens (tertiary/aromatic N) is 2. The minimum absolute atomic E-state index is 0.180. The van der Waals surface area contributed by atoms with Gasteiger partial charge < -0.3 is 19.1 Å². The minimum atomic E-state index is 0.180. The third-order valence-electron chi connectivity index (χ3n) is 5.56. The lowest BCUT2D eigenvalue weighted by Crippen LogP contribution is -2.13. The molecule has 0 spiro atoms. The topological polar surface area (TPSA) is 61.5 Å². The normalized spacial score (nSPS) is 17.0. The van der Waals surface area contributed by atoms with Crippen LogP contribution in [0, 0.1) is 12.5 Å². The van der Waals surface area contributed by atoms with E-state index in [1.54, 1.807) is 12.1 Å². The van der Waals surface area contributed by atoms with Crippen molar-refractivity contribution in [3.05, 3.63) is 101 Å². The van der Waals surface area contributed by atoms with Crippen LogP contribution >= 0.6 is 0 Å². The Labute approximate surface area is 193 Å². The lowest BCUT2D eigenvalue weighted by atomic mass is 10.1. The van der Waals surface area contributed by atoms with Gasteiger partial charge in [0.2, 0.25) is 0 Å². The lowest BCUT2D eigenvalue weighted by Gasteiger charge is -2.10. The van der Waals surface area contributed by atoms with Crippen LogP contribution in [0.4, 0.5) is 5.69 Å². The summed E-state index contributed by atoms with van der Waals surface area (Å²) >= 11 is 0. The van der Waals surface area contributed by atoms with Gasteiger partial charge in [0, 0.05) is 11.5 Å². The Morgan fingerprint density at radius 1 is 1.00 bits per heavy atom. The van der Waals surface area contributed by atoms with Crippen LogP contribution < -0.4 is 9.47 Å². The van der Waals surface area contributed by atoms with E-state index in [-0.39, 0.29) is 12.5 Å². The van der Waals surface area contributed by atoms with E-state index in [0.717, 1.165) is 29.6 Å². The highest BCUT2D eigenvalue weighted by atomic mass is 16.6. The maximum absolute atomic E-state index is 10.8. The number of carbonyl (C=O) groups excluding carboxylic acids is 1. The molecule has 0 N–H and O–H groups in total. The molecule has 166 valence electrons. The molecule has 0 heterocycles. The molecule has 1 saturated carbocycles. The number of ether oxygens (including phenoxy) is 2. The molecule has 4 rings (SSSR count). The average Bonchev–Trinajstić information content (AvgIpc) is 3.66. The molecule has 0 bridgehead atoms. The summed E-state index contributed by atoms with van der Waals surface area (Å²) in [6, 6.07) is 22.8. The molecular formula is C27H24N2O4. The van der Waals surface area contributed by atoms with Gasteiger partial charge in [0.05, 0.1) is 6.57 Å². The van der Waals surface area contributed by atoms with Crippen molar-refractivity contribution in [1.82, 2.24) is 0 Å². The molecule has 3 aromatic carbocycles. The monoisotopic (exact) mass is 440 g/mol. The Balaban J connectivity index is 1.29. The van der Waals surface area contributed by atoms with Crippen molar-refractivity contribution in [1.29, 1.82) is 0 Å². The van der Waals surface area contributed by atoms with Crippen molar-refractivity contribution in [2.24, 2.45) is 11.1 Å². The fourth-order valence-electron chi connectivity index (χ4n) is 3.56. The van der Waals surface area contributed by atoms with E-state index in [1.807, 2.05) is 60.7 Å². The molecule has 6 nitrogen and oxygen atoms in total. The first kappa shape index (κ1) is 22.1. The molecule has 3 aromatic rings. The lowest BCUT2D eigenvalue weighted by molar-refractivity contribution is -0.108. The summed E-state index contributed by atoms with van der Waals surface area (Å²) in [5.74, 6) is 2.06. The molecule has 0 aliphatic heterocycles. The summed E-state index contributed by atoms with van der Waals surface area (Å²) in [7, 11) is 1.49. The Hall–Kier alpha value is -4.11. The SMILES string of the molecule is [C-]#[N+]c1ccc(/C(COc2ccc(COc3ccc(C4CC4C=O)cc3)cc2)=N/OC)cc1. The van der Waals surface area contributed by atoms with Gasteiger partial charge in [-0.05, 0) is 47.7 Å². The predicted octanol–water partition coefficient (Wildman–Crippen LogP) is 5.55. The molecular weight excluding hydrogens is 416 g/mol. The fourth-order valence-corrected chi connectivity index (χ4v) is 3.56. The zero-order chi connectivity index (χ0) is 23.0. The second kappa shape index (κ2) is 10.5. The Morgan fingerprint density at radius 3 is 2.27 bits per heavy atom. The van der Waals surface area contributed by atoms with Crippen molar-refractivity contribution < 1.29 is 19.1 Å². The highest BCUT2D eigenvalue weighted by Gasteiger charge is 2.37. The van der Waals surface area contributed by atoms with Gasteiger partial charge in [-0.3, -0.25) is 0 Å². The molecule has 2 unspecified atom stereocenters. The summed E-state index contributed by atoms with van der Waals surface area (Å²) in [5, 5.41) is 4.05. The maximum atomic E-state index is 10.8. The molecule has 0 saturated heterocycles. The van der Waals surface area contributed by atoms with Crippen molar-refractivity contribution in [3.63, 3.8) is 0 Å². The standard InChI is InChI=1S/C27H24N2O4/c1-28-23-9-5-21(6-10-23)27(29-31-2)18-33-24-11-3-19(4-12-24)17-32-25-13-7-20(8-14-25)26-15-22(26)16-30/h3-14,16,22,26H,15,17-18H2,2H3/b29-27+. The summed E-state index contributed by atoms with van der Waals surface area (Å²) in [4.78, 5) is 19.2. The van der Waals surface area contributed by atoms with E-state index >= 15 is 0 Å². The van der Waals surface area contributed by atoms with Gasteiger partial charge in [0.15, 0.2) is 5.69 Å². The van der Waals surface area contributed by atoms with Crippen LogP contribution in [-0.4, -0.2) is 25.7 Å². The van der Waals surface area contributed by atoms with Gasteiger partial charge in [-0.25, -0.2) is 4.85 Å². The first-order valence-corrected chi connectivity index (χ1v) is 10.7. The Bertz CT molecular complexity index is 1150. The van der Waals surface area contributed by atoms with Gasteiger partial charge >= 0.3 is 0 Å². The molecule has 0 radical (unpaired) electrons. The largest absolute Gasteiger partial charge is 0.489 e. The second-order valence-electron chi connectivity index (χ2n) is 7.81. The van der Waals surface area contributed by atoms with Gasteiger partial charge in [-0.2, -0.15) is 0 Å². The molecule has 1 aliphatic rings. The number of rotatable bonds is 10. The maximum Gasteiger partial charge on any atom is 0.187 e. The number of benzene rings is 3. The Kier molecular flexibility index (Phi) is 7.01. The molecule has 6 heteroatoms. The van der Waals surface area contributed by atoms with Gasteiger partial charge in [0.1, 0.15) is 43.8 Å². The van der Waals surface area contributed by atoms with Crippen LogP contribution in [0.5, 0.6) is 11.5 Å². The van der Waals surface area contributed by atoms with E-state index in [4.69, 9.17) is 20.9 Å². The van der Waals surface area contributed by atoms with E-state index in [2.05, 4.69) is 10.0 Å². The molecule has 0 aromatic heterocycles. The minimum Gasteiger partial charge on any atom is -0.489 e. The van der Waals surface area contributed by atoms with Crippen LogP contribution in [0.15, 0.2) is 78.0 Å². The van der Waals surface area contributed by atoms with Crippen LogP contribution in [-0.2, 0) is 16.2 Å². The van der Waals surface area contributed by atoms with E-state index in [1.165, 1.54) is 12.7 Å². The number of carbonyl (C=O) groups is 1. The summed E-state index contributed by atoms with van der Waals surface area (Å²) in [6.45, 7) is 7.74. The van der Waals surface area contributed by atoms with Crippen molar-refractivity contribution in [3.8, 4) is 11.5 Å².